The van der Waals surface area contributed by atoms with Gasteiger partial charge in [-0.15, -0.1) is 0 Å². The van der Waals surface area contributed by atoms with Crippen molar-refractivity contribution in [2.45, 2.75) is 32.7 Å². The van der Waals surface area contributed by atoms with Crippen molar-refractivity contribution in [3.05, 3.63) is 0 Å². The Morgan fingerprint density at radius 2 is 1.73 bits per heavy atom. The van der Waals surface area contributed by atoms with Gasteiger partial charge in [0.05, 0.1) is 6.61 Å². The van der Waals surface area contributed by atoms with Gasteiger partial charge < -0.3 is 19.3 Å². The van der Waals surface area contributed by atoms with E-state index in [1.165, 1.54) is 0 Å². The van der Waals surface area contributed by atoms with Crippen LogP contribution in [0.1, 0.15) is 26.7 Å². The number of aliphatic hydroxyl groups excluding tert-OH is 1. The third-order valence-electron chi connectivity index (χ3n) is 2.04. The summed E-state index contributed by atoms with van der Waals surface area (Å²) in [6.07, 6.45) is 2.28. The molecule has 0 amide bonds. The second kappa shape index (κ2) is 12.1. The van der Waals surface area contributed by atoms with Crippen LogP contribution < -0.4 is 5.32 Å². The molecule has 0 aliphatic carbocycles. The molecule has 4 nitrogen and oxygen atoms in total. The molecule has 0 bridgehead atoms. The predicted octanol–water partition coefficient (Wildman–Crippen LogP) is 0.642. The van der Waals surface area contributed by atoms with Gasteiger partial charge in [-0.05, 0) is 32.9 Å². The largest absolute Gasteiger partial charge is 0.397 e. The van der Waals surface area contributed by atoms with Crippen molar-refractivity contribution < 1.29 is 14.0 Å². The average Bonchev–Trinajstić information content (AvgIpc) is 2.24. The fraction of sp³-hybridized carbons (Fsp3) is 1.00. The lowest BCUT2D eigenvalue weighted by atomic mass is 10.3. The summed E-state index contributed by atoms with van der Waals surface area (Å²) in [5.74, 6) is 0. The molecule has 0 unspecified atom stereocenters. The standard InChI is InChI=1S/C10H25NO3Si/c1-3-13-15(14-4-2)10-6-5-7-11-8-9-12/h11-12,15H,3-10H2,1-2H3. The molecule has 0 aromatic carbocycles. The number of rotatable bonds is 11. The Labute approximate surface area is 94.8 Å². The summed E-state index contributed by atoms with van der Waals surface area (Å²) in [5, 5.41) is 11.7. The van der Waals surface area contributed by atoms with Crippen LogP contribution in [0.15, 0.2) is 0 Å². The number of hydrogen-bond acceptors (Lipinski definition) is 4. The summed E-state index contributed by atoms with van der Waals surface area (Å²) in [7, 11) is -1.37. The Kier molecular flexibility index (Phi) is 12.2. The van der Waals surface area contributed by atoms with E-state index in [0.29, 0.717) is 6.54 Å². The molecule has 0 aliphatic rings. The summed E-state index contributed by atoms with van der Waals surface area (Å²) in [6.45, 7) is 7.44. The van der Waals surface area contributed by atoms with Gasteiger partial charge in [0, 0.05) is 19.8 Å². The molecule has 0 saturated carbocycles. The molecule has 92 valence electrons. The highest BCUT2D eigenvalue weighted by Crippen LogP contribution is 2.03. The van der Waals surface area contributed by atoms with Crippen LogP contribution >= 0.6 is 0 Å². The third-order valence-corrected chi connectivity index (χ3v) is 4.33. The molecule has 0 heterocycles. The smallest absolute Gasteiger partial charge is 0.321 e. The van der Waals surface area contributed by atoms with Gasteiger partial charge in [-0.1, -0.05) is 6.42 Å². The van der Waals surface area contributed by atoms with Crippen molar-refractivity contribution >= 4 is 9.28 Å². The van der Waals surface area contributed by atoms with Crippen molar-refractivity contribution in [3.63, 3.8) is 0 Å². The molecule has 0 saturated heterocycles. The van der Waals surface area contributed by atoms with Crippen LogP contribution in [-0.2, 0) is 8.85 Å². The number of hydrogen-bond donors (Lipinski definition) is 2. The van der Waals surface area contributed by atoms with E-state index in [1.54, 1.807) is 0 Å². The lowest BCUT2D eigenvalue weighted by Crippen LogP contribution is -2.24. The summed E-state index contributed by atoms with van der Waals surface area (Å²) >= 11 is 0. The van der Waals surface area contributed by atoms with Gasteiger partial charge in [-0.3, -0.25) is 0 Å². The van der Waals surface area contributed by atoms with Crippen LogP contribution in [0.4, 0.5) is 0 Å². The molecule has 0 radical (unpaired) electrons. The van der Waals surface area contributed by atoms with E-state index in [1.807, 2.05) is 13.8 Å². The van der Waals surface area contributed by atoms with Crippen LogP contribution in [0.3, 0.4) is 0 Å². The van der Waals surface area contributed by atoms with Crippen molar-refractivity contribution in [1.82, 2.24) is 5.32 Å². The number of unbranched alkanes of at least 4 members (excludes halogenated alkanes) is 1. The van der Waals surface area contributed by atoms with Crippen molar-refractivity contribution in [3.8, 4) is 0 Å². The van der Waals surface area contributed by atoms with Crippen molar-refractivity contribution in [2.24, 2.45) is 0 Å². The summed E-state index contributed by atoms with van der Waals surface area (Å²) in [6, 6.07) is 1.09. The van der Waals surface area contributed by atoms with E-state index in [9.17, 15) is 0 Å². The minimum Gasteiger partial charge on any atom is -0.397 e. The molecule has 0 aromatic rings. The van der Waals surface area contributed by atoms with Gasteiger partial charge in [-0.2, -0.15) is 0 Å². The molecule has 0 aliphatic heterocycles. The lowest BCUT2D eigenvalue weighted by molar-refractivity contribution is 0.212. The summed E-state index contributed by atoms with van der Waals surface area (Å²) in [5.41, 5.74) is 0. The maximum Gasteiger partial charge on any atom is 0.321 e. The van der Waals surface area contributed by atoms with Gasteiger partial charge in [0.15, 0.2) is 0 Å². The second-order valence-electron chi connectivity index (χ2n) is 3.31. The average molecular weight is 235 g/mol. The Balaban J connectivity index is 3.28. The zero-order chi connectivity index (χ0) is 11.4. The highest BCUT2D eigenvalue weighted by Gasteiger charge is 2.10. The zero-order valence-corrected chi connectivity index (χ0v) is 11.2. The van der Waals surface area contributed by atoms with Crippen LogP contribution in [-0.4, -0.2) is 47.3 Å². The van der Waals surface area contributed by atoms with Crippen LogP contribution in [0.2, 0.25) is 6.04 Å². The third kappa shape index (κ3) is 10.3. The maximum absolute atomic E-state index is 8.56. The van der Waals surface area contributed by atoms with E-state index in [0.717, 1.165) is 38.6 Å². The van der Waals surface area contributed by atoms with Crippen LogP contribution in [0.25, 0.3) is 0 Å². The molecule has 0 rings (SSSR count). The van der Waals surface area contributed by atoms with E-state index in [-0.39, 0.29) is 6.61 Å². The molecule has 2 N–H and O–H groups in total. The fourth-order valence-corrected chi connectivity index (χ4v) is 3.15. The monoisotopic (exact) mass is 235 g/mol. The lowest BCUT2D eigenvalue weighted by Gasteiger charge is -2.14. The van der Waals surface area contributed by atoms with E-state index >= 15 is 0 Å². The first-order valence-corrected chi connectivity index (χ1v) is 7.65. The van der Waals surface area contributed by atoms with Crippen LogP contribution in [0.5, 0.6) is 0 Å². The van der Waals surface area contributed by atoms with Crippen molar-refractivity contribution in [2.75, 3.05) is 32.9 Å². The molecule has 0 aromatic heterocycles. The zero-order valence-electron chi connectivity index (χ0n) is 10.00. The highest BCUT2D eigenvalue weighted by molar-refractivity contribution is 6.44. The fourth-order valence-electron chi connectivity index (χ4n) is 1.35. The number of nitrogens with one attached hydrogen (secondary N) is 1. The first-order chi connectivity index (χ1) is 7.35. The maximum atomic E-state index is 8.56. The van der Waals surface area contributed by atoms with Crippen LogP contribution in [0, 0.1) is 0 Å². The topological polar surface area (TPSA) is 50.7 Å². The van der Waals surface area contributed by atoms with E-state index in [2.05, 4.69) is 5.32 Å². The number of aliphatic hydroxyl groups is 1. The Morgan fingerprint density at radius 1 is 1.07 bits per heavy atom. The van der Waals surface area contributed by atoms with Gasteiger partial charge in [0.2, 0.25) is 0 Å². The molecular weight excluding hydrogens is 210 g/mol. The summed E-state index contributed by atoms with van der Waals surface area (Å²) < 4.78 is 11.1. The highest BCUT2D eigenvalue weighted by atomic mass is 28.3. The normalized spacial score (nSPS) is 11.2. The first-order valence-electron chi connectivity index (χ1n) is 5.89. The van der Waals surface area contributed by atoms with Crippen molar-refractivity contribution in [1.29, 1.82) is 0 Å². The van der Waals surface area contributed by atoms with Gasteiger partial charge in [0.1, 0.15) is 0 Å². The Morgan fingerprint density at radius 3 is 2.27 bits per heavy atom. The van der Waals surface area contributed by atoms with Gasteiger partial charge in [-0.25, -0.2) is 0 Å². The SMILES string of the molecule is CCO[SiH](CCCCNCCO)OCC. The molecule has 15 heavy (non-hydrogen) atoms. The molecule has 0 fully saturated rings. The van der Waals surface area contributed by atoms with E-state index in [4.69, 9.17) is 14.0 Å². The first kappa shape index (κ1) is 15.1. The van der Waals surface area contributed by atoms with E-state index < -0.39 is 9.28 Å². The molecule has 5 heteroatoms. The van der Waals surface area contributed by atoms with Gasteiger partial charge >= 0.3 is 9.28 Å². The quantitative estimate of drug-likeness (QED) is 0.408. The molecular formula is C10H25NO3Si. The Bertz CT molecular complexity index is 121. The molecule has 0 spiro atoms. The minimum atomic E-state index is -1.37. The Hall–Kier alpha value is 0.0569. The molecule has 0 atom stereocenters. The second-order valence-corrected chi connectivity index (χ2v) is 5.41. The van der Waals surface area contributed by atoms with Gasteiger partial charge in [0.25, 0.3) is 0 Å². The predicted molar refractivity (Wildman–Crippen MR) is 64.4 cm³/mol. The minimum absolute atomic E-state index is 0.218. The summed E-state index contributed by atoms with van der Waals surface area (Å²) in [4.78, 5) is 0.